The van der Waals surface area contributed by atoms with Crippen LogP contribution < -0.4 is 10.6 Å². The SMILES string of the molecule is Cc1nc(SCC(=O)NC(=O)NCc2cccs2)c2c(C)c(C)sc2n1. The van der Waals surface area contributed by atoms with E-state index in [9.17, 15) is 9.59 Å². The van der Waals surface area contributed by atoms with Crippen LogP contribution in [-0.2, 0) is 11.3 Å². The number of carbonyl (C=O) groups excluding carboxylic acids is 2. The lowest BCUT2D eigenvalue weighted by atomic mass is 10.2. The van der Waals surface area contributed by atoms with Crippen LogP contribution in [-0.4, -0.2) is 27.7 Å². The summed E-state index contributed by atoms with van der Waals surface area (Å²) in [6.07, 6.45) is 0. The van der Waals surface area contributed by atoms with E-state index in [4.69, 9.17) is 0 Å². The minimum absolute atomic E-state index is 0.117. The summed E-state index contributed by atoms with van der Waals surface area (Å²) in [4.78, 5) is 36.0. The lowest BCUT2D eigenvalue weighted by molar-refractivity contribution is -0.117. The maximum atomic E-state index is 12.1. The Morgan fingerprint density at radius 1 is 1.23 bits per heavy atom. The van der Waals surface area contributed by atoms with Gasteiger partial charge in [0.15, 0.2) is 0 Å². The second kappa shape index (κ2) is 8.15. The Hall–Kier alpha value is -1.97. The van der Waals surface area contributed by atoms with Gasteiger partial charge in [0.1, 0.15) is 15.7 Å². The van der Waals surface area contributed by atoms with Crippen molar-refractivity contribution in [2.45, 2.75) is 32.3 Å². The number of aryl methyl sites for hydroxylation is 3. The van der Waals surface area contributed by atoms with Crippen molar-refractivity contribution in [3.63, 3.8) is 0 Å². The summed E-state index contributed by atoms with van der Waals surface area (Å²) >= 11 is 4.50. The number of hydrogen-bond acceptors (Lipinski definition) is 7. The molecule has 26 heavy (non-hydrogen) atoms. The Morgan fingerprint density at radius 2 is 2.04 bits per heavy atom. The number of thioether (sulfide) groups is 1. The fraction of sp³-hybridized carbons (Fsp3) is 0.294. The van der Waals surface area contributed by atoms with Crippen LogP contribution in [0.3, 0.4) is 0 Å². The summed E-state index contributed by atoms with van der Waals surface area (Å²) in [5, 5.41) is 8.74. The van der Waals surface area contributed by atoms with Crippen molar-refractivity contribution >= 4 is 56.6 Å². The zero-order valence-corrected chi connectivity index (χ0v) is 17.0. The molecule has 3 heterocycles. The Labute approximate surface area is 163 Å². The molecule has 0 saturated heterocycles. The van der Waals surface area contributed by atoms with E-state index in [-0.39, 0.29) is 11.7 Å². The monoisotopic (exact) mass is 406 g/mol. The molecule has 0 fully saturated rings. The van der Waals surface area contributed by atoms with Gasteiger partial charge in [-0.05, 0) is 37.8 Å². The van der Waals surface area contributed by atoms with Crippen molar-refractivity contribution < 1.29 is 9.59 Å². The zero-order valence-electron chi connectivity index (χ0n) is 14.6. The smallest absolute Gasteiger partial charge is 0.321 e. The fourth-order valence-corrected chi connectivity index (χ4v) is 5.05. The lowest BCUT2D eigenvalue weighted by Gasteiger charge is -2.07. The first-order valence-electron chi connectivity index (χ1n) is 7.91. The number of amides is 3. The number of rotatable bonds is 5. The van der Waals surface area contributed by atoms with E-state index in [1.54, 1.807) is 22.7 Å². The van der Waals surface area contributed by atoms with Crippen molar-refractivity contribution in [2.75, 3.05) is 5.75 Å². The van der Waals surface area contributed by atoms with Crippen LogP contribution in [0.1, 0.15) is 21.1 Å². The number of fused-ring (bicyclic) bond motifs is 1. The second-order valence-electron chi connectivity index (χ2n) is 5.64. The minimum atomic E-state index is -0.490. The van der Waals surface area contributed by atoms with Gasteiger partial charge in [-0.25, -0.2) is 14.8 Å². The van der Waals surface area contributed by atoms with Crippen LogP contribution in [0.15, 0.2) is 22.5 Å². The molecule has 0 aliphatic carbocycles. The third kappa shape index (κ3) is 4.40. The second-order valence-corrected chi connectivity index (χ2v) is 8.84. The molecular formula is C17H18N4O2S3. The third-order valence-electron chi connectivity index (χ3n) is 3.70. The Morgan fingerprint density at radius 3 is 2.77 bits per heavy atom. The largest absolute Gasteiger partial charge is 0.333 e. The van der Waals surface area contributed by atoms with E-state index in [0.717, 1.165) is 25.7 Å². The molecular weight excluding hydrogens is 388 g/mol. The first-order valence-corrected chi connectivity index (χ1v) is 10.6. The van der Waals surface area contributed by atoms with Gasteiger partial charge in [0.05, 0.1) is 12.3 Å². The summed E-state index contributed by atoms with van der Waals surface area (Å²) in [6, 6.07) is 3.35. The maximum Gasteiger partial charge on any atom is 0.321 e. The number of thiophene rings is 2. The van der Waals surface area contributed by atoms with Crippen LogP contribution >= 0.6 is 34.4 Å². The molecule has 0 radical (unpaired) electrons. The summed E-state index contributed by atoms with van der Waals surface area (Å²) in [6.45, 7) is 6.33. The van der Waals surface area contributed by atoms with Crippen molar-refractivity contribution in [3.05, 3.63) is 38.7 Å². The average Bonchev–Trinajstić information content (AvgIpc) is 3.19. The molecule has 0 atom stereocenters. The van der Waals surface area contributed by atoms with Crippen LogP contribution in [0.2, 0.25) is 0 Å². The molecule has 3 amide bonds. The molecule has 0 aromatic carbocycles. The van der Waals surface area contributed by atoms with Gasteiger partial charge in [-0.1, -0.05) is 17.8 Å². The molecule has 3 aromatic rings. The van der Waals surface area contributed by atoms with Crippen LogP contribution in [0.4, 0.5) is 4.79 Å². The molecule has 0 unspecified atom stereocenters. The van der Waals surface area contributed by atoms with Crippen LogP contribution in [0, 0.1) is 20.8 Å². The van der Waals surface area contributed by atoms with Gasteiger partial charge in [-0.2, -0.15) is 0 Å². The van der Waals surface area contributed by atoms with E-state index in [0.29, 0.717) is 12.4 Å². The quantitative estimate of drug-likeness (QED) is 0.497. The normalized spacial score (nSPS) is 10.9. The van der Waals surface area contributed by atoms with Crippen molar-refractivity contribution in [2.24, 2.45) is 0 Å². The van der Waals surface area contributed by atoms with E-state index in [1.165, 1.54) is 16.6 Å². The van der Waals surface area contributed by atoms with Gasteiger partial charge in [0, 0.05) is 15.1 Å². The van der Waals surface area contributed by atoms with Gasteiger partial charge >= 0.3 is 6.03 Å². The van der Waals surface area contributed by atoms with Crippen LogP contribution in [0.5, 0.6) is 0 Å². The standard InChI is InChI=1S/C17H18N4O2S3/c1-9-10(2)26-16-14(9)15(19-11(3)20-16)25-8-13(22)21-17(23)18-7-12-5-4-6-24-12/h4-6H,7-8H2,1-3H3,(H2,18,21,22,23). The van der Waals surface area contributed by atoms with Crippen LogP contribution in [0.25, 0.3) is 10.2 Å². The van der Waals surface area contributed by atoms with Gasteiger partial charge in [-0.3, -0.25) is 10.1 Å². The van der Waals surface area contributed by atoms with E-state index in [2.05, 4.69) is 27.5 Å². The Kier molecular flexibility index (Phi) is 5.90. The topological polar surface area (TPSA) is 84.0 Å². The summed E-state index contributed by atoms with van der Waals surface area (Å²) in [7, 11) is 0. The van der Waals surface area contributed by atoms with Crippen molar-refractivity contribution in [1.29, 1.82) is 0 Å². The highest BCUT2D eigenvalue weighted by molar-refractivity contribution is 8.00. The maximum absolute atomic E-state index is 12.1. The number of nitrogens with zero attached hydrogens (tertiary/aromatic N) is 2. The average molecular weight is 407 g/mol. The molecule has 3 aromatic heterocycles. The van der Waals surface area contributed by atoms with Gasteiger partial charge < -0.3 is 5.32 Å². The molecule has 0 saturated carbocycles. The highest BCUT2D eigenvalue weighted by Crippen LogP contribution is 2.34. The fourth-order valence-electron chi connectivity index (χ4n) is 2.34. The number of hydrogen-bond donors (Lipinski definition) is 2. The van der Waals surface area contributed by atoms with Crippen molar-refractivity contribution in [1.82, 2.24) is 20.6 Å². The number of urea groups is 1. The van der Waals surface area contributed by atoms with Crippen molar-refractivity contribution in [3.8, 4) is 0 Å². The predicted octanol–water partition coefficient (Wildman–Crippen LogP) is 3.80. The lowest BCUT2D eigenvalue weighted by Crippen LogP contribution is -2.39. The number of nitrogens with one attached hydrogen (secondary N) is 2. The minimum Gasteiger partial charge on any atom is -0.333 e. The summed E-state index contributed by atoms with van der Waals surface area (Å²) in [5.41, 5.74) is 1.14. The van der Waals surface area contributed by atoms with E-state index >= 15 is 0 Å². The van der Waals surface area contributed by atoms with Gasteiger partial charge in [0.25, 0.3) is 0 Å². The molecule has 3 rings (SSSR count). The highest BCUT2D eigenvalue weighted by atomic mass is 32.2. The predicted molar refractivity (Wildman–Crippen MR) is 107 cm³/mol. The summed E-state index contributed by atoms with van der Waals surface area (Å²) in [5.74, 6) is 0.440. The molecule has 0 spiro atoms. The van der Waals surface area contributed by atoms with Gasteiger partial charge in [-0.15, -0.1) is 22.7 Å². The Balaban J connectivity index is 1.59. The highest BCUT2D eigenvalue weighted by Gasteiger charge is 2.16. The molecule has 0 aliphatic heterocycles. The molecule has 9 heteroatoms. The summed E-state index contributed by atoms with van der Waals surface area (Å²) < 4.78 is 0. The third-order valence-corrected chi connectivity index (χ3v) is 6.66. The number of aromatic nitrogens is 2. The molecule has 0 aliphatic rings. The first-order chi connectivity index (χ1) is 12.4. The molecule has 136 valence electrons. The van der Waals surface area contributed by atoms with E-state index in [1.807, 2.05) is 31.4 Å². The van der Waals surface area contributed by atoms with E-state index < -0.39 is 6.03 Å². The first kappa shape index (κ1) is 18.8. The zero-order chi connectivity index (χ0) is 18.7. The molecule has 6 nitrogen and oxygen atoms in total. The number of carbonyl (C=O) groups is 2. The number of imide groups is 1. The molecule has 0 bridgehead atoms. The Bertz CT molecular complexity index is 951. The van der Waals surface area contributed by atoms with Gasteiger partial charge in [0.2, 0.25) is 5.91 Å². The molecule has 2 N–H and O–H groups in total.